The maximum atomic E-state index is 14.9. The molecule has 5 rings (SSSR count). The van der Waals surface area contributed by atoms with E-state index in [9.17, 15) is 4.39 Å². The summed E-state index contributed by atoms with van der Waals surface area (Å²) in [6.45, 7) is 8.25. The number of halogens is 1. The maximum absolute atomic E-state index is 14.9. The molecule has 4 aromatic rings. The Morgan fingerprint density at radius 3 is 2.69 bits per heavy atom. The van der Waals surface area contributed by atoms with Crippen molar-refractivity contribution in [2.75, 3.05) is 5.32 Å². The normalized spacial score (nSPS) is 15.5. The minimum Gasteiger partial charge on any atom is -0.350 e. The lowest BCUT2D eigenvalue weighted by molar-refractivity contribution is 0.600. The highest BCUT2D eigenvalue weighted by atomic mass is 19.1. The number of anilines is 1. The van der Waals surface area contributed by atoms with Gasteiger partial charge in [0.25, 0.3) is 0 Å². The van der Waals surface area contributed by atoms with Crippen LogP contribution in [0, 0.1) is 18.7 Å². The molecule has 0 spiro atoms. The van der Waals surface area contributed by atoms with Gasteiger partial charge in [0, 0.05) is 23.8 Å². The van der Waals surface area contributed by atoms with E-state index >= 15 is 0 Å². The van der Waals surface area contributed by atoms with E-state index in [2.05, 4.69) is 45.7 Å². The first-order chi connectivity index (χ1) is 13.9. The molecule has 0 amide bonds. The fraction of sp³-hybridized carbons (Fsp3) is 0.409. The number of nitrogens with zero attached hydrogens (tertiary/aromatic N) is 5. The zero-order valence-corrected chi connectivity index (χ0v) is 17.1. The van der Waals surface area contributed by atoms with E-state index in [0.29, 0.717) is 17.5 Å². The molecule has 1 unspecified atom stereocenters. The van der Waals surface area contributed by atoms with Crippen LogP contribution in [0.15, 0.2) is 30.6 Å². The number of fused-ring (bicyclic) bond motifs is 2. The summed E-state index contributed by atoms with van der Waals surface area (Å²) < 4.78 is 18.7. The van der Waals surface area contributed by atoms with Crippen LogP contribution >= 0.6 is 0 Å². The molecular weight excluding hydrogens is 367 g/mol. The molecule has 0 radical (unpaired) electrons. The molecule has 29 heavy (non-hydrogen) atoms. The van der Waals surface area contributed by atoms with Gasteiger partial charge in [-0.3, -0.25) is 0 Å². The molecule has 1 aromatic carbocycles. The van der Waals surface area contributed by atoms with Gasteiger partial charge in [0.1, 0.15) is 11.3 Å². The third-order valence-electron chi connectivity index (χ3n) is 5.86. The van der Waals surface area contributed by atoms with Crippen LogP contribution in [-0.4, -0.2) is 30.2 Å². The molecule has 150 valence electrons. The largest absolute Gasteiger partial charge is 0.350 e. The predicted octanol–water partition coefficient (Wildman–Crippen LogP) is 4.98. The van der Waals surface area contributed by atoms with Crippen molar-refractivity contribution in [2.45, 2.75) is 52.6 Å². The van der Waals surface area contributed by atoms with Crippen molar-refractivity contribution >= 4 is 22.5 Å². The Labute approximate surface area is 168 Å². The summed E-state index contributed by atoms with van der Waals surface area (Å²) in [5.74, 6) is 1.85. The van der Waals surface area contributed by atoms with Crippen LogP contribution in [0.3, 0.4) is 0 Å². The summed E-state index contributed by atoms with van der Waals surface area (Å²) in [7, 11) is 0. The monoisotopic (exact) mass is 392 g/mol. The van der Waals surface area contributed by atoms with Gasteiger partial charge in [0.15, 0.2) is 5.82 Å². The Morgan fingerprint density at radius 1 is 1.17 bits per heavy atom. The zero-order valence-electron chi connectivity index (χ0n) is 17.1. The van der Waals surface area contributed by atoms with Crippen LogP contribution in [-0.2, 0) is 0 Å². The first-order valence-corrected chi connectivity index (χ1v) is 10.2. The summed E-state index contributed by atoms with van der Waals surface area (Å²) >= 11 is 0. The second-order valence-corrected chi connectivity index (χ2v) is 8.36. The Kier molecular flexibility index (Phi) is 4.08. The van der Waals surface area contributed by atoms with Crippen LogP contribution < -0.4 is 5.32 Å². The molecule has 1 atom stereocenters. The second kappa shape index (κ2) is 6.54. The molecule has 1 aliphatic rings. The number of hydrogen-bond acceptors (Lipinski definition) is 4. The highest BCUT2D eigenvalue weighted by Crippen LogP contribution is 2.34. The second-order valence-electron chi connectivity index (χ2n) is 8.36. The SMILES string of the molecule is Cc1nc2c(F)cc(-c3ccn4nc(NC(C)C5CC5)ncc34)cc2n1C(C)C. The minimum absolute atomic E-state index is 0.200. The average molecular weight is 392 g/mol. The van der Waals surface area contributed by atoms with E-state index in [1.165, 1.54) is 12.8 Å². The van der Waals surface area contributed by atoms with E-state index < -0.39 is 0 Å². The number of rotatable bonds is 5. The van der Waals surface area contributed by atoms with Crippen molar-refractivity contribution in [3.05, 3.63) is 42.2 Å². The standard InChI is InChI=1S/C22H25FN6/c1-12(2)29-14(4)26-21-18(23)9-16(10-19(21)29)17-7-8-28-20(17)11-24-22(27-28)25-13(3)15-5-6-15/h7-13,15H,5-6H2,1-4H3,(H,25,27). The van der Waals surface area contributed by atoms with Gasteiger partial charge in [-0.05, 0) is 70.2 Å². The van der Waals surface area contributed by atoms with Crippen LogP contribution in [0.2, 0.25) is 0 Å². The van der Waals surface area contributed by atoms with Crippen LogP contribution in [0.5, 0.6) is 0 Å². The van der Waals surface area contributed by atoms with Gasteiger partial charge in [-0.2, -0.15) is 0 Å². The summed E-state index contributed by atoms with van der Waals surface area (Å²) in [5, 5.41) is 7.98. The van der Waals surface area contributed by atoms with Gasteiger partial charge in [-0.25, -0.2) is 18.9 Å². The van der Waals surface area contributed by atoms with Crippen molar-refractivity contribution in [2.24, 2.45) is 5.92 Å². The fourth-order valence-electron chi connectivity index (χ4n) is 4.20. The van der Waals surface area contributed by atoms with E-state index in [-0.39, 0.29) is 11.9 Å². The predicted molar refractivity (Wildman–Crippen MR) is 113 cm³/mol. The number of aromatic nitrogens is 5. The Bertz CT molecular complexity index is 1220. The first kappa shape index (κ1) is 18.1. The molecular formula is C22H25FN6. The quantitative estimate of drug-likeness (QED) is 0.520. The van der Waals surface area contributed by atoms with Gasteiger partial charge in [-0.15, -0.1) is 5.10 Å². The molecule has 1 N–H and O–H groups in total. The van der Waals surface area contributed by atoms with Gasteiger partial charge < -0.3 is 9.88 Å². The van der Waals surface area contributed by atoms with Gasteiger partial charge >= 0.3 is 0 Å². The van der Waals surface area contributed by atoms with Crippen LogP contribution in [0.1, 0.15) is 45.5 Å². The molecule has 0 bridgehead atoms. The third kappa shape index (κ3) is 3.05. The van der Waals surface area contributed by atoms with Crippen molar-refractivity contribution in [3.8, 4) is 11.1 Å². The molecule has 3 heterocycles. The smallest absolute Gasteiger partial charge is 0.241 e. The van der Waals surface area contributed by atoms with Crippen LogP contribution in [0.25, 0.3) is 27.7 Å². The Hall–Kier alpha value is -2.96. The van der Waals surface area contributed by atoms with E-state index in [0.717, 1.165) is 33.9 Å². The van der Waals surface area contributed by atoms with E-state index in [1.807, 2.05) is 25.3 Å². The fourth-order valence-corrected chi connectivity index (χ4v) is 4.20. The topological polar surface area (TPSA) is 60.0 Å². The number of aryl methyl sites for hydroxylation is 1. The molecule has 1 fully saturated rings. The highest BCUT2D eigenvalue weighted by Gasteiger charge is 2.28. The third-order valence-corrected chi connectivity index (χ3v) is 5.86. The van der Waals surface area contributed by atoms with Gasteiger partial charge in [-0.1, -0.05) is 0 Å². The van der Waals surface area contributed by atoms with Crippen molar-refractivity contribution in [1.29, 1.82) is 0 Å². The summed E-state index contributed by atoms with van der Waals surface area (Å²) in [6, 6.07) is 6.09. The zero-order chi connectivity index (χ0) is 20.3. The molecule has 6 nitrogen and oxygen atoms in total. The molecule has 0 aliphatic heterocycles. The number of hydrogen-bond donors (Lipinski definition) is 1. The van der Waals surface area contributed by atoms with E-state index in [4.69, 9.17) is 0 Å². The lowest BCUT2D eigenvalue weighted by Crippen LogP contribution is -2.19. The number of benzene rings is 1. The van der Waals surface area contributed by atoms with Crippen molar-refractivity contribution in [1.82, 2.24) is 24.1 Å². The molecule has 3 aromatic heterocycles. The van der Waals surface area contributed by atoms with Crippen molar-refractivity contribution in [3.63, 3.8) is 0 Å². The van der Waals surface area contributed by atoms with Gasteiger partial charge in [0.05, 0.1) is 17.2 Å². The summed E-state index contributed by atoms with van der Waals surface area (Å²) in [4.78, 5) is 8.92. The van der Waals surface area contributed by atoms with E-state index in [1.54, 1.807) is 16.8 Å². The Balaban J connectivity index is 1.58. The molecule has 7 heteroatoms. The van der Waals surface area contributed by atoms with Crippen molar-refractivity contribution < 1.29 is 4.39 Å². The molecule has 1 aliphatic carbocycles. The van der Waals surface area contributed by atoms with Crippen LogP contribution in [0.4, 0.5) is 10.3 Å². The Morgan fingerprint density at radius 2 is 1.97 bits per heavy atom. The highest BCUT2D eigenvalue weighted by molar-refractivity contribution is 5.88. The maximum Gasteiger partial charge on any atom is 0.241 e. The summed E-state index contributed by atoms with van der Waals surface area (Å²) in [5.41, 5.74) is 3.78. The molecule has 1 saturated carbocycles. The minimum atomic E-state index is -0.309. The van der Waals surface area contributed by atoms with Gasteiger partial charge in [0.2, 0.25) is 5.95 Å². The number of nitrogens with one attached hydrogen (secondary N) is 1. The first-order valence-electron chi connectivity index (χ1n) is 10.2. The molecule has 0 saturated heterocycles. The lowest BCUT2D eigenvalue weighted by atomic mass is 10.1. The average Bonchev–Trinajstić information content (AvgIpc) is 3.35. The summed E-state index contributed by atoms with van der Waals surface area (Å²) in [6.07, 6.45) is 6.24. The number of imidazole rings is 1. The lowest BCUT2D eigenvalue weighted by Gasteiger charge is -2.13.